The van der Waals surface area contributed by atoms with Gasteiger partial charge in [-0.05, 0) is 79.6 Å². The van der Waals surface area contributed by atoms with Crippen LogP contribution in [-0.4, -0.2) is 31.3 Å². The van der Waals surface area contributed by atoms with Crippen molar-refractivity contribution in [2.75, 3.05) is 13.2 Å². The third-order valence-corrected chi connectivity index (χ3v) is 5.65. The minimum absolute atomic E-state index is 0.179. The Labute approximate surface area is 213 Å². The number of ether oxygens (including phenoxy) is 3. The predicted octanol–water partition coefficient (Wildman–Crippen LogP) is 5.91. The highest BCUT2D eigenvalue weighted by atomic mass is 16.6. The number of esters is 1. The minimum Gasteiger partial charge on any atom is -0.494 e. The van der Waals surface area contributed by atoms with Crippen molar-refractivity contribution in [2.45, 2.75) is 52.2 Å². The van der Waals surface area contributed by atoms with Gasteiger partial charge < -0.3 is 19.5 Å². The fraction of sp³-hybridized carbons (Fsp3) is 0.333. The molecule has 1 amide bonds. The zero-order valence-electron chi connectivity index (χ0n) is 21.2. The molecule has 0 heterocycles. The van der Waals surface area contributed by atoms with Gasteiger partial charge in [0.05, 0.1) is 13.2 Å². The van der Waals surface area contributed by atoms with Gasteiger partial charge in [-0.2, -0.15) is 0 Å². The number of hydrogen-bond donors (Lipinski definition) is 1. The molecule has 6 heteroatoms. The highest BCUT2D eigenvalue weighted by Crippen LogP contribution is 2.20. The van der Waals surface area contributed by atoms with E-state index in [0.717, 1.165) is 24.8 Å². The molecule has 0 bridgehead atoms. The molecule has 0 aromatic heterocycles. The van der Waals surface area contributed by atoms with E-state index in [-0.39, 0.29) is 6.61 Å². The second-order valence-corrected chi connectivity index (χ2v) is 8.76. The van der Waals surface area contributed by atoms with Crippen LogP contribution in [0.5, 0.6) is 11.5 Å². The number of nitrogens with one attached hydrogen (secondary N) is 1. The molecule has 3 aromatic rings. The smallest absolute Gasteiger partial charge is 0.369 e. The first-order chi connectivity index (χ1) is 17.5. The van der Waals surface area contributed by atoms with Crippen LogP contribution in [0.4, 0.5) is 0 Å². The van der Waals surface area contributed by atoms with Crippen molar-refractivity contribution in [3.63, 3.8) is 0 Å². The minimum atomic E-state index is -1.26. The second-order valence-electron chi connectivity index (χ2n) is 8.76. The van der Waals surface area contributed by atoms with Crippen LogP contribution in [-0.2, 0) is 16.0 Å². The van der Waals surface area contributed by atoms with E-state index >= 15 is 0 Å². The first-order valence-corrected chi connectivity index (χ1v) is 12.5. The number of carbonyl (C=O) groups is 2. The lowest BCUT2D eigenvalue weighted by Crippen LogP contribution is -2.46. The summed E-state index contributed by atoms with van der Waals surface area (Å²) in [4.78, 5) is 25.2. The van der Waals surface area contributed by atoms with Gasteiger partial charge in [0.2, 0.25) is 0 Å². The predicted molar refractivity (Wildman–Crippen MR) is 140 cm³/mol. The van der Waals surface area contributed by atoms with Crippen molar-refractivity contribution in [1.82, 2.24) is 5.32 Å². The van der Waals surface area contributed by atoms with Crippen molar-refractivity contribution in [3.8, 4) is 11.5 Å². The molecule has 190 valence electrons. The normalized spacial score (nSPS) is 11.6. The zero-order chi connectivity index (χ0) is 25.8. The van der Waals surface area contributed by atoms with Crippen molar-refractivity contribution >= 4 is 11.9 Å². The Balaban J connectivity index is 1.51. The van der Waals surface area contributed by atoms with E-state index in [9.17, 15) is 9.59 Å². The van der Waals surface area contributed by atoms with Gasteiger partial charge >= 0.3 is 5.97 Å². The lowest BCUT2D eigenvalue weighted by atomic mass is 10.0. The molecular weight excluding hydrogens is 454 g/mol. The Morgan fingerprint density at radius 3 is 2.14 bits per heavy atom. The van der Waals surface area contributed by atoms with Gasteiger partial charge in [0.1, 0.15) is 11.5 Å². The standard InChI is InChI=1S/C30H35NO5/c1-4-34-30(33)29(36-27-19-13-24(14-20-27)22(2)3)31-28(32)25-15-17-26(18-16-25)35-21-9-8-12-23-10-6-5-7-11-23/h5-7,10-11,13-20,22,29H,4,8-9,12,21H2,1-3H3,(H,31,32). The summed E-state index contributed by atoms with van der Waals surface area (Å²) in [6, 6.07) is 24.6. The molecule has 0 aliphatic carbocycles. The van der Waals surface area contributed by atoms with Gasteiger partial charge in [0.15, 0.2) is 0 Å². The van der Waals surface area contributed by atoms with E-state index < -0.39 is 18.1 Å². The van der Waals surface area contributed by atoms with E-state index in [1.165, 1.54) is 5.56 Å². The summed E-state index contributed by atoms with van der Waals surface area (Å²) < 4.78 is 16.6. The largest absolute Gasteiger partial charge is 0.494 e. The second kappa shape index (κ2) is 13.9. The first kappa shape index (κ1) is 26.8. The maximum Gasteiger partial charge on any atom is 0.369 e. The number of hydrogen-bond acceptors (Lipinski definition) is 5. The van der Waals surface area contributed by atoms with Gasteiger partial charge in [-0.3, -0.25) is 4.79 Å². The SMILES string of the molecule is CCOC(=O)C(NC(=O)c1ccc(OCCCCc2ccccc2)cc1)Oc1ccc(C(C)C)cc1. The van der Waals surface area contributed by atoms with Gasteiger partial charge in [-0.15, -0.1) is 0 Å². The number of benzene rings is 3. The fourth-order valence-corrected chi connectivity index (χ4v) is 3.59. The molecule has 1 N–H and O–H groups in total. The van der Waals surface area contributed by atoms with Crippen molar-refractivity contribution in [2.24, 2.45) is 0 Å². The van der Waals surface area contributed by atoms with Crippen molar-refractivity contribution in [3.05, 3.63) is 95.6 Å². The summed E-state index contributed by atoms with van der Waals surface area (Å²) in [5, 5.41) is 2.62. The van der Waals surface area contributed by atoms with Gasteiger partial charge in [0, 0.05) is 5.56 Å². The van der Waals surface area contributed by atoms with E-state index in [1.54, 1.807) is 43.3 Å². The average Bonchev–Trinajstić information content (AvgIpc) is 2.89. The summed E-state index contributed by atoms with van der Waals surface area (Å²) in [6.07, 6.45) is 1.74. The fourth-order valence-electron chi connectivity index (χ4n) is 3.59. The first-order valence-electron chi connectivity index (χ1n) is 12.5. The van der Waals surface area contributed by atoms with Crippen LogP contribution in [0.15, 0.2) is 78.9 Å². The Morgan fingerprint density at radius 1 is 0.833 bits per heavy atom. The van der Waals surface area contributed by atoms with Crippen LogP contribution in [0.3, 0.4) is 0 Å². The van der Waals surface area contributed by atoms with Gasteiger partial charge in [0.25, 0.3) is 12.1 Å². The molecule has 0 aliphatic rings. The number of carbonyl (C=O) groups excluding carboxylic acids is 2. The molecule has 1 unspecified atom stereocenters. The van der Waals surface area contributed by atoms with E-state index in [2.05, 4.69) is 43.4 Å². The van der Waals surface area contributed by atoms with Crippen LogP contribution in [0, 0.1) is 0 Å². The molecule has 0 saturated carbocycles. The van der Waals surface area contributed by atoms with E-state index in [0.29, 0.717) is 29.6 Å². The Hall–Kier alpha value is -3.80. The Kier molecular flexibility index (Phi) is 10.4. The molecule has 0 spiro atoms. The number of unbranched alkanes of at least 4 members (excludes halogenated alkanes) is 1. The third kappa shape index (κ3) is 8.45. The summed E-state index contributed by atoms with van der Waals surface area (Å²) in [5.74, 6) is 0.430. The molecule has 3 aromatic carbocycles. The maximum absolute atomic E-state index is 12.8. The van der Waals surface area contributed by atoms with Crippen LogP contribution in [0.1, 0.15) is 61.0 Å². The highest BCUT2D eigenvalue weighted by molar-refractivity contribution is 5.96. The summed E-state index contributed by atoms with van der Waals surface area (Å²) in [5.41, 5.74) is 2.86. The van der Waals surface area contributed by atoms with Crippen LogP contribution in [0.2, 0.25) is 0 Å². The van der Waals surface area contributed by atoms with Gasteiger partial charge in [-0.25, -0.2) is 4.79 Å². The Bertz CT molecular complexity index is 1080. The highest BCUT2D eigenvalue weighted by Gasteiger charge is 2.25. The molecule has 0 radical (unpaired) electrons. The maximum atomic E-state index is 12.8. The molecule has 0 aliphatic heterocycles. The lowest BCUT2D eigenvalue weighted by molar-refractivity contribution is -0.152. The monoisotopic (exact) mass is 489 g/mol. The van der Waals surface area contributed by atoms with Crippen molar-refractivity contribution < 1.29 is 23.8 Å². The summed E-state index contributed by atoms with van der Waals surface area (Å²) in [7, 11) is 0. The molecule has 0 fully saturated rings. The molecule has 36 heavy (non-hydrogen) atoms. The van der Waals surface area contributed by atoms with Crippen molar-refractivity contribution in [1.29, 1.82) is 0 Å². The summed E-state index contributed by atoms with van der Waals surface area (Å²) in [6.45, 7) is 6.68. The summed E-state index contributed by atoms with van der Waals surface area (Å²) >= 11 is 0. The third-order valence-electron chi connectivity index (χ3n) is 5.65. The quantitative estimate of drug-likeness (QED) is 0.184. The number of amides is 1. The average molecular weight is 490 g/mol. The van der Waals surface area contributed by atoms with Crippen LogP contribution in [0.25, 0.3) is 0 Å². The number of rotatable bonds is 13. The zero-order valence-corrected chi connectivity index (χ0v) is 21.2. The van der Waals surface area contributed by atoms with E-state index in [4.69, 9.17) is 14.2 Å². The van der Waals surface area contributed by atoms with Crippen LogP contribution < -0.4 is 14.8 Å². The molecule has 1 atom stereocenters. The number of aryl methyl sites for hydroxylation is 1. The molecule has 6 nitrogen and oxygen atoms in total. The lowest BCUT2D eigenvalue weighted by Gasteiger charge is -2.19. The molecule has 0 saturated heterocycles. The molecular formula is C30H35NO5. The van der Waals surface area contributed by atoms with E-state index in [1.807, 2.05) is 18.2 Å². The topological polar surface area (TPSA) is 73.9 Å². The van der Waals surface area contributed by atoms with Crippen LogP contribution >= 0.6 is 0 Å². The molecule has 3 rings (SSSR count). The Morgan fingerprint density at radius 2 is 1.50 bits per heavy atom. The van der Waals surface area contributed by atoms with Gasteiger partial charge in [-0.1, -0.05) is 56.3 Å².